The van der Waals surface area contributed by atoms with Crippen LogP contribution in [-0.2, 0) is 0 Å². The highest BCUT2D eigenvalue weighted by atomic mass is 35.5. The number of aromatic nitrogens is 4. The molecule has 26 heavy (non-hydrogen) atoms. The fourth-order valence-corrected chi connectivity index (χ4v) is 4.30. The maximum absolute atomic E-state index is 12.8. The summed E-state index contributed by atoms with van der Waals surface area (Å²) in [5.41, 5.74) is 3.38. The van der Waals surface area contributed by atoms with Gasteiger partial charge in [0.15, 0.2) is 5.69 Å². The van der Waals surface area contributed by atoms with Gasteiger partial charge >= 0.3 is 0 Å². The van der Waals surface area contributed by atoms with E-state index in [2.05, 4.69) is 19.6 Å². The number of halogens is 2. The van der Waals surface area contributed by atoms with E-state index in [1.165, 1.54) is 0 Å². The summed E-state index contributed by atoms with van der Waals surface area (Å²) < 4.78 is 4.45. The number of likely N-dealkylation sites (tertiary alicyclic amines) is 1. The molecule has 1 saturated heterocycles. The van der Waals surface area contributed by atoms with E-state index in [0.29, 0.717) is 17.4 Å². The van der Waals surface area contributed by atoms with Crippen LogP contribution in [0.5, 0.6) is 0 Å². The van der Waals surface area contributed by atoms with E-state index in [1.54, 1.807) is 17.3 Å². The van der Waals surface area contributed by atoms with Crippen LogP contribution in [0.25, 0.3) is 11.1 Å². The van der Waals surface area contributed by atoms with Crippen LogP contribution in [-0.4, -0.2) is 43.5 Å². The van der Waals surface area contributed by atoms with Gasteiger partial charge in [-0.1, -0.05) is 23.2 Å². The van der Waals surface area contributed by atoms with Gasteiger partial charge in [-0.15, -0.1) is 0 Å². The Labute approximate surface area is 164 Å². The Bertz CT molecular complexity index is 926. The van der Waals surface area contributed by atoms with Gasteiger partial charge in [0.1, 0.15) is 9.36 Å². The van der Waals surface area contributed by atoms with Crippen LogP contribution in [0.2, 0.25) is 9.36 Å². The second-order valence-electron chi connectivity index (χ2n) is 6.14. The summed E-state index contributed by atoms with van der Waals surface area (Å²) >= 11 is 13.1. The van der Waals surface area contributed by atoms with Gasteiger partial charge in [-0.2, -0.15) is 9.47 Å². The standard InChI is InChI=1S/C17H15Cl2N5OS/c18-13-15(23-26-16(13)19)17(25)24-7-1-2-11(9-24)14-12(8-21-22-14)10-3-5-20-6-4-10/h3-6,8,11H,1-2,7,9H2,(H,21,22). The number of hydrogen-bond acceptors (Lipinski definition) is 5. The molecule has 0 aliphatic carbocycles. The summed E-state index contributed by atoms with van der Waals surface area (Å²) in [6.45, 7) is 1.27. The van der Waals surface area contributed by atoms with Crippen LogP contribution < -0.4 is 0 Å². The molecule has 1 fully saturated rings. The van der Waals surface area contributed by atoms with Gasteiger partial charge in [0.05, 0.1) is 6.20 Å². The second-order valence-corrected chi connectivity index (χ2v) is 7.90. The highest BCUT2D eigenvalue weighted by molar-refractivity contribution is 7.11. The normalized spacial score (nSPS) is 17.5. The van der Waals surface area contributed by atoms with Crippen molar-refractivity contribution < 1.29 is 4.79 Å². The van der Waals surface area contributed by atoms with Gasteiger partial charge in [0, 0.05) is 42.7 Å². The van der Waals surface area contributed by atoms with Gasteiger partial charge in [0.25, 0.3) is 5.91 Å². The number of pyridine rings is 1. The Morgan fingerprint density at radius 1 is 1.31 bits per heavy atom. The Balaban J connectivity index is 1.58. The molecule has 1 N–H and O–H groups in total. The molecule has 0 radical (unpaired) electrons. The predicted molar refractivity (Wildman–Crippen MR) is 102 cm³/mol. The van der Waals surface area contributed by atoms with Crippen LogP contribution in [0, 0.1) is 0 Å². The van der Waals surface area contributed by atoms with Gasteiger partial charge in [0.2, 0.25) is 0 Å². The zero-order valence-corrected chi connectivity index (χ0v) is 16.0. The first-order valence-corrected chi connectivity index (χ1v) is 9.71. The minimum Gasteiger partial charge on any atom is -0.337 e. The summed E-state index contributed by atoms with van der Waals surface area (Å²) in [5, 5.41) is 7.58. The maximum Gasteiger partial charge on any atom is 0.275 e. The smallest absolute Gasteiger partial charge is 0.275 e. The minimum absolute atomic E-state index is 0.172. The van der Waals surface area contributed by atoms with Gasteiger partial charge in [-0.05, 0) is 42.1 Å². The largest absolute Gasteiger partial charge is 0.337 e. The summed E-state index contributed by atoms with van der Waals surface area (Å²) in [4.78, 5) is 18.7. The lowest BCUT2D eigenvalue weighted by molar-refractivity contribution is 0.0701. The third-order valence-electron chi connectivity index (χ3n) is 4.58. The highest BCUT2D eigenvalue weighted by Gasteiger charge is 2.30. The molecule has 0 saturated carbocycles. The quantitative estimate of drug-likeness (QED) is 0.703. The van der Waals surface area contributed by atoms with Crippen LogP contribution in [0.4, 0.5) is 0 Å². The second kappa shape index (κ2) is 7.34. The molecule has 0 bridgehead atoms. The number of aromatic amines is 1. The summed E-state index contributed by atoms with van der Waals surface area (Å²) in [6.07, 6.45) is 7.23. The molecule has 3 aromatic heterocycles. The van der Waals surface area contributed by atoms with E-state index in [0.717, 1.165) is 41.2 Å². The Hall–Kier alpha value is -1.96. The van der Waals surface area contributed by atoms with Crippen molar-refractivity contribution in [3.8, 4) is 11.1 Å². The summed E-state index contributed by atoms with van der Waals surface area (Å²) in [7, 11) is 0. The van der Waals surface area contributed by atoms with Crippen molar-refractivity contribution in [3.63, 3.8) is 0 Å². The molecular formula is C17H15Cl2N5OS. The number of hydrogen-bond donors (Lipinski definition) is 1. The van der Waals surface area contributed by atoms with Crippen molar-refractivity contribution in [1.29, 1.82) is 0 Å². The van der Waals surface area contributed by atoms with E-state index < -0.39 is 0 Å². The molecule has 9 heteroatoms. The Kier molecular flexibility index (Phi) is 4.93. The molecule has 0 aromatic carbocycles. The zero-order chi connectivity index (χ0) is 18.1. The average molecular weight is 408 g/mol. The number of rotatable bonds is 3. The number of carbonyl (C=O) groups is 1. The molecular weight excluding hydrogens is 393 g/mol. The summed E-state index contributed by atoms with van der Waals surface area (Å²) in [6, 6.07) is 3.91. The van der Waals surface area contributed by atoms with Crippen LogP contribution in [0.1, 0.15) is 34.9 Å². The molecule has 1 aliphatic heterocycles. The lowest BCUT2D eigenvalue weighted by atomic mass is 9.90. The highest BCUT2D eigenvalue weighted by Crippen LogP contribution is 2.35. The molecule has 1 aliphatic rings. The first-order chi connectivity index (χ1) is 12.6. The molecule has 4 heterocycles. The third kappa shape index (κ3) is 3.22. The number of carbonyl (C=O) groups excluding carboxylic acids is 1. The van der Waals surface area contributed by atoms with E-state index in [1.807, 2.05) is 18.3 Å². The molecule has 134 valence electrons. The molecule has 1 atom stereocenters. The fraction of sp³-hybridized carbons (Fsp3) is 0.294. The SMILES string of the molecule is O=C(c1nsc(Cl)c1Cl)N1CCCC(c2[nH]ncc2-c2ccncc2)C1. The molecule has 1 unspecified atom stereocenters. The van der Waals surface area contributed by atoms with E-state index >= 15 is 0 Å². The molecule has 3 aromatic rings. The zero-order valence-electron chi connectivity index (χ0n) is 13.7. The van der Waals surface area contributed by atoms with Gasteiger partial charge < -0.3 is 4.90 Å². The molecule has 1 amide bonds. The first kappa shape index (κ1) is 17.5. The van der Waals surface area contributed by atoms with Crippen molar-refractivity contribution in [2.45, 2.75) is 18.8 Å². The van der Waals surface area contributed by atoms with Crippen LogP contribution in [0.15, 0.2) is 30.7 Å². The number of nitrogens with one attached hydrogen (secondary N) is 1. The topological polar surface area (TPSA) is 74.8 Å². The van der Waals surface area contributed by atoms with E-state index in [9.17, 15) is 4.79 Å². The van der Waals surface area contributed by atoms with E-state index in [-0.39, 0.29) is 22.5 Å². The number of amides is 1. The van der Waals surface area contributed by atoms with Crippen molar-refractivity contribution in [3.05, 3.63) is 51.5 Å². The first-order valence-electron chi connectivity index (χ1n) is 8.18. The summed E-state index contributed by atoms with van der Waals surface area (Å²) in [5.74, 6) is -0.000857. The predicted octanol–water partition coefficient (Wildman–Crippen LogP) is 4.25. The Morgan fingerprint density at radius 2 is 2.12 bits per heavy atom. The van der Waals surface area contributed by atoms with Crippen LogP contribution in [0.3, 0.4) is 0 Å². The lowest BCUT2D eigenvalue weighted by Crippen LogP contribution is -2.39. The monoisotopic (exact) mass is 407 g/mol. The maximum atomic E-state index is 12.8. The minimum atomic E-state index is -0.173. The van der Waals surface area contributed by atoms with Crippen molar-refractivity contribution >= 4 is 40.6 Å². The van der Waals surface area contributed by atoms with Crippen LogP contribution >= 0.6 is 34.7 Å². The lowest BCUT2D eigenvalue weighted by Gasteiger charge is -2.32. The van der Waals surface area contributed by atoms with Gasteiger partial charge in [-0.25, -0.2) is 0 Å². The number of piperidine rings is 1. The van der Waals surface area contributed by atoms with Gasteiger partial charge in [-0.3, -0.25) is 14.9 Å². The third-order valence-corrected chi connectivity index (χ3v) is 6.19. The molecule has 4 rings (SSSR count). The molecule has 6 nitrogen and oxygen atoms in total. The Morgan fingerprint density at radius 3 is 2.85 bits per heavy atom. The fourth-order valence-electron chi connectivity index (χ4n) is 3.31. The molecule has 0 spiro atoms. The van der Waals surface area contributed by atoms with Crippen molar-refractivity contribution in [1.82, 2.24) is 24.5 Å². The number of nitrogens with zero attached hydrogens (tertiary/aromatic N) is 4. The van der Waals surface area contributed by atoms with Crippen molar-refractivity contribution in [2.75, 3.05) is 13.1 Å². The average Bonchev–Trinajstić information content (AvgIpc) is 3.30. The van der Waals surface area contributed by atoms with E-state index in [4.69, 9.17) is 23.2 Å². The van der Waals surface area contributed by atoms with Crippen molar-refractivity contribution in [2.24, 2.45) is 0 Å². The number of H-pyrrole nitrogens is 1.